The summed E-state index contributed by atoms with van der Waals surface area (Å²) in [5.74, 6) is 2.69. The molecule has 3 fully saturated rings. The third-order valence-electron chi connectivity index (χ3n) is 4.96. The summed E-state index contributed by atoms with van der Waals surface area (Å²) in [6, 6.07) is 2.05. The van der Waals surface area contributed by atoms with Crippen molar-refractivity contribution in [3.8, 4) is 0 Å². The Bertz CT molecular complexity index is 533. The summed E-state index contributed by atoms with van der Waals surface area (Å²) < 4.78 is 5.26. The van der Waals surface area contributed by atoms with Crippen LogP contribution in [0.1, 0.15) is 54.8 Å². The Morgan fingerprint density at radius 3 is 2.90 bits per heavy atom. The average molecular weight is 289 g/mol. The monoisotopic (exact) mass is 289 g/mol. The first-order chi connectivity index (χ1) is 10.2. The second kappa shape index (κ2) is 5.13. The van der Waals surface area contributed by atoms with Crippen LogP contribution in [-0.4, -0.2) is 41.6 Å². The van der Waals surface area contributed by atoms with Gasteiger partial charge in [0, 0.05) is 37.7 Å². The number of rotatable bonds is 5. The molecule has 1 aromatic heterocycles. The lowest BCUT2D eigenvalue weighted by atomic mass is 10.1. The predicted octanol–water partition coefficient (Wildman–Crippen LogP) is 2.01. The van der Waals surface area contributed by atoms with Gasteiger partial charge in [-0.25, -0.2) is 0 Å². The molecule has 3 aliphatic rings. The molecule has 0 unspecified atom stereocenters. The third-order valence-corrected chi connectivity index (χ3v) is 4.96. The van der Waals surface area contributed by atoms with E-state index in [1.807, 2.05) is 6.07 Å². The van der Waals surface area contributed by atoms with Gasteiger partial charge in [-0.1, -0.05) is 12.1 Å². The second-order valence-electron chi connectivity index (χ2n) is 7.11. The van der Waals surface area contributed by atoms with E-state index in [4.69, 9.17) is 4.52 Å². The molecule has 2 atom stereocenters. The summed E-state index contributed by atoms with van der Waals surface area (Å²) in [5.41, 5.74) is 0.435. The number of carbonyl (C=O) groups is 1. The van der Waals surface area contributed by atoms with Gasteiger partial charge in [0.1, 0.15) is 5.76 Å². The van der Waals surface area contributed by atoms with Crippen molar-refractivity contribution in [2.24, 2.45) is 11.8 Å². The molecule has 1 amide bonds. The van der Waals surface area contributed by atoms with Gasteiger partial charge in [0.25, 0.3) is 5.91 Å². The maximum atomic E-state index is 12.3. The van der Waals surface area contributed by atoms with Gasteiger partial charge in [0.05, 0.1) is 0 Å². The van der Waals surface area contributed by atoms with Crippen LogP contribution in [0.5, 0.6) is 0 Å². The van der Waals surface area contributed by atoms with E-state index in [-0.39, 0.29) is 11.9 Å². The predicted molar refractivity (Wildman–Crippen MR) is 78.1 cm³/mol. The fourth-order valence-corrected chi connectivity index (χ4v) is 3.27. The van der Waals surface area contributed by atoms with Crippen LogP contribution >= 0.6 is 0 Å². The second-order valence-corrected chi connectivity index (χ2v) is 7.11. The topological polar surface area (TPSA) is 58.4 Å². The van der Waals surface area contributed by atoms with E-state index >= 15 is 0 Å². The molecular weight excluding hydrogens is 266 g/mol. The lowest BCUT2D eigenvalue weighted by Crippen LogP contribution is -2.40. The molecule has 1 aliphatic heterocycles. The molecule has 1 saturated heterocycles. The van der Waals surface area contributed by atoms with E-state index in [0.29, 0.717) is 17.5 Å². The van der Waals surface area contributed by atoms with Crippen LogP contribution in [0.4, 0.5) is 0 Å². The Hall–Kier alpha value is -1.36. The standard InChI is InChI=1S/C16H23N3O2/c1-10-7-19(8-11-2-3-11)9-14(10)17-16(20)13-6-15(21-18-13)12-4-5-12/h6,10-12,14H,2-5,7-9H2,1H3,(H,17,20)/t10-,14-/m0/s1. The highest BCUT2D eigenvalue weighted by atomic mass is 16.5. The van der Waals surface area contributed by atoms with Crippen molar-refractivity contribution in [2.45, 2.75) is 44.6 Å². The molecule has 2 saturated carbocycles. The van der Waals surface area contributed by atoms with Gasteiger partial charge in [-0.2, -0.15) is 0 Å². The minimum absolute atomic E-state index is 0.0872. The van der Waals surface area contributed by atoms with Gasteiger partial charge in [-0.3, -0.25) is 4.79 Å². The van der Waals surface area contributed by atoms with Crippen molar-refractivity contribution in [1.29, 1.82) is 0 Å². The fourth-order valence-electron chi connectivity index (χ4n) is 3.27. The summed E-state index contributed by atoms with van der Waals surface area (Å²) in [7, 11) is 0. The van der Waals surface area contributed by atoms with Gasteiger partial charge in [0.2, 0.25) is 0 Å². The Labute approximate surface area is 125 Å². The highest BCUT2D eigenvalue weighted by Crippen LogP contribution is 2.40. The molecule has 114 valence electrons. The van der Waals surface area contributed by atoms with Crippen LogP contribution in [0.25, 0.3) is 0 Å². The first-order valence-electron chi connectivity index (χ1n) is 8.19. The van der Waals surface area contributed by atoms with Crippen molar-refractivity contribution < 1.29 is 9.32 Å². The van der Waals surface area contributed by atoms with E-state index in [1.165, 1.54) is 19.4 Å². The minimum Gasteiger partial charge on any atom is -0.360 e. The summed E-state index contributed by atoms with van der Waals surface area (Å²) in [5, 5.41) is 7.06. The number of nitrogens with one attached hydrogen (secondary N) is 1. The molecule has 2 heterocycles. The molecule has 21 heavy (non-hydrogen) atoms. The van der Waals surface area contributed by atoms with Crippen molar-refractivity contribution in [2.75, 3.05) is 19.6 Å². The van der Waals surface area contributed by atoms with Crippen LogP contribution in [0.15, 0.2) is 10.6 Å². The molecule has 1 N–H and O–H groups in total. The smallest absolute Gasteiger partial charge is 0.273 e. The minimum atomic E-state index is -0.0872. The molecule has 0 radical (unpaired) electrons. The summed E-state index contributed by atoms with van der Waals surface area (Å²) in [6.45, 7) is 5.48. The molecule has 0 bridgehead atoms. The number of hydrogen-bond acceptors (Lipinski definition) is 4. The van der Waals surface area contributed by atoms with Crippen LogP contribution < -0.4 is 5.32 Å². The summed E-state index contributed by atoms with van der Waals surface area (Å²) >= 11 is 0. The van der Waals surface area contributed by atoms with E-state index < -0.39 is 0 Å². The zero-order valence-corrected chi connectivity index (χ0v) is 12.5. The maximum Gasteiger partial charge on any atom is 0.273 e. The van der Waals surface area contributed by atoms with E-state index in [0.717, 1.165) is 37.6 Å². The van der Waals surface area contributed by atoms with Gasteiger partial charge < -0.3 is 14.7 Å². The molecule has 4 rings (SSSR count). The maximum absolute atomic E-state index is 12.3. The first-order valence-corrected chi connectivity index (χ1v) is 8.19. The average Bonchev–Trinajstić information content (AvgIpc) is 3.37. The van der Waals surface area contributed by atoms with Crippen LogP contribution in [0.2, 0.25) is 0 Å². The van der Waals surface area contributed by atoms with Crippen molar-refractivity contribution in [3.05, 3.63) is 17.5 Å². The Kier molecular flexibility index (Phi) is 3.25. The number of likely N-dealkylation sites (tertiary alicyclic amines) is 1. The Balaban J connectivity index is 1.34. The van der Waals surface area contributed by atoms with Crippen LogP contribution in [0.3, 0.4) is 0 Å². The first kappa shape index (κ1) is 13.3. The summed E-state index contributed by atoms with van der Waals surface area (Å²) in [4.78, 5) is 14.8. The van der Waals surface area contributed by atoms with E-state index in [2.05, 4.69) is 22.3 Å². The lowest BCUT2D eigenvalue weighted by molar-refractivity contribution is 0.0922. The molecule has 5 heteroatoms. The van der Waals surface area contributed by atoms with Crippen molar-refractivity contribution in [1.82, 2.24) is 15.4 Å². The molecule has 5 nitrogen and oxygen atoms in total. The lowest BCUT2D eigenvalue weighted by Gasteiger charge is -2.16. The van der Waals surface area contributed by atoms with Crippen molar-refractivity contribution in [3.63, 3.8) is 0 Å². The van der Waals surface area contributed by atoms with Crippen molar-refractivity contribution >= 4 is 5.91 Å². The van der Waals surface area contributed by atoms with E-state index in [9.17, 15) is 4.79 Å². The van der Waals surface area contributed by atoms with Crippen LogP contribution in [0, 0.1) is 11.8 Å². The van der Waals surface area contributed by atoms with E-state index in [1.54, 1.807) is 0 Å². The fraction of sp³-hybridized carbons (Fsp3) is 0.750. The normalized spacial score (nSPS) is 29.8. The van der Waals surface area contributed by atoms with Gasteiger partial charge in [-0.05, 0) is 37.5 Å². The number of hydrogen-bond donors (Lipinski definition) is 1. The number of carbonyl (C=O) groups excluding carboxylic acids is 1. The van der Waals surface area contributed by atoms with Gasteiger partial charge in [-0.15, -0.1) is 0 Å². The number of amides is 1. The third kappa shape index (κ3) is 2.98. The SMILES string of the molecule is C[C@H]1CN(CC2CC2)C[C@@H]1NC(=O)c1cc(C2CC2)on1. The zero-order valence-electron chi connectivity index (χ0n) is 12.5. The highest BCUT2D eigenvalue weighted by molar-refractivity contribution is 5.92. The van der Waals surface area contributed by atoms with Gasteiger partial charge >= 0.3 is 0 Å². The highest BCUT2D eigenvalue weighted by Gasteiger charge is 2.35. The molecular formula is C16H23N3O2. The largest absolute Gasteiger partial charge is 0.360 e. The van der Waals surface area contributed by atoms with Crippen LogP contribution in [-0.2, 0) is 0 Å². The molecule has 1 aromatic rings. The van der Waals surface area contributed by atoms with Gasteiger partial charge in [0.15, 0.2) is 5.69 Å². The Morgan fingerprint density at radius 2 is 2.19 bits per heavy atom. The molecule has 0 spiro atoms. The molecule has 2 aliphatic carbocycles. The number of nitrogens with zero attached hydrogens (tertiary/aromatic N) is 2. The zero-order chi connectivity index (χ0) is 14.4. The Morgan fingerprint density at radius 1 is 1.38 bits per heavy atom. The number of aromatic nitrogens is 1. The molecule has 0 aromatic carbocycles. The summed E-state index contributed by atoms with van der Waals surface area (Å²) in [6.07, 6.45) is 5.08. The quantitative estimate of drug-likeness (QED) is 0.901.